The summed E-state index contributed by atoms with van der Waals surface area (Å²) in [6.45, 7) is 2.13. The summed E-state index contributed by atoms with van der Waals surface area (Å²) in [6, 6.07) is 9.86. The molecule has 6 heteroatoms. The zero-order valence-electron chi connectivity index (χ0n) is 14.4. The van der Waals surface area contributed by atoms with Gasteiger partial charge in [-0.3, -0.25) is 9.59 Å². The van der Waals surface area contributed by atoms with Gasteiger partial charge in [-0.15, -0.1) is 0 Å². The highest BCUT2D eigenvalue weighted by atomic mass is 16.3. The summed E-state index contributed by atoms with van der Waals surface area (Å²) >= 11 is 0. The van der Waals surface area contributed by atoms with Crippen molar-refractivity contribution in [3.63, 3.8) is 0 Å². The molecule has 1 aromatic carbocycles. The average molecular weight is 343 g/mol. The summed E-state index contributed by atoms with van der Waals surface area (Å²) in [7, 11) is 0. The second kappa shape index (κ2) is 8.25. The lowest BCUT2D eigenvalue weighted by Crippen LogP contribution is -2.39. The first-order valence-electron chi connectivity index (χ1n) is 8.99. The van der Waals surface area contributed by atoms with Gasteiger partial charge >= 0.3 is 0 Å². The topological polar surface area (TPSA) is 73.2 Å². The molecule has 134 valence electrons. The minimum absolute atomic E-state index is 0.0243. The third-order valence-corrected chi connectivity index (χ3v) is 4.97. The third-order valence-electron chi connectivity index (χ3n) is 4.97. The van der Waals surface area contributed by atoms with Gasteiger partial charge in [-0.1, -0.05) is 30.3 Å². The summed E-state index contributed by atoms with van der Waals surface area (Å²) in [5, 5.41) is 15.1. The standard InChI is InChI=1S/C19H25N3O3/c23-14-15-8-11-21(12-9-15)18(24)6-7-19(25)22-13-10-17(20-22)16-4-2-1-3-5-16/h1-5,15,23H,6-14H2. The van der Waals surface area contributed by atoms with Crippen LogP contribution in [0.4, 0.5) is 0 Å². The van der Waals surface area contributed by atoms with E-state index in [0.717, 1.165) is 30.5 Å². The highest BCUT2D eigenvalue weighted by molar-refractivity contribution is 6.02. The van der Waals surface area contributed by atoms with Crippen molar-refractivity contribution < 1.29 is 14.7 Å². The van der Waals surface area contributed by atoms with Crippen LogP contribution in [-0.4, -0.2) is 58.8 Å². The van der Waals surface area contributed by atoms with Crippen molar-refractivity contribution in [2.24, 2.45) is 11.0 Å². The molecule has 0 aromatic heterocycles. The average Bonchev–Trinajstić information content (AvgIpc) is 3.17. The molecule has 25 heavy (non-hydrogen) atoms. The summed E-state index contributed by atoms with van der Waals surface area (Å²) in [6.07, 6.45) is 2.86. The Morgan fingerprint density at radius 3 is 2.40 bits per heavy atom. The van der Waals surface area contributed by atoms with Crippen LogP contribution in [-0.2, 0) is 9.59 Å². The predicted octanol–water partition coefficient (Wildman–Crippen LogP) is 1.63. The first kappa shape index (κ1) is 17.6. The SMILES string of the molecule is O=C(CCC(=O)N1CCC(c2ccccc2)=N1)N1CCC(CO)CC1. The van der Waals surface area contributed by atoms with Crippen molar-refractivity contribution >= 4 is 17.5 Å². The van der Waals surface area contributed by atoms with E-state index in [9.17, 15) is 9.59 Å². The van der Waals surface area contributed by atoms with Crippen molar-refractivity contribution in [1.29, 1.82) is 0 Å². The molecule has 2 aliphatic rings. The van der Waals surface area contributed by atoms with E-state index in [-0.39, 0.29) is 31.3 Å². The molecular weight excluding hydrogens is 318 g/mol. The van der Waals surface area contributed by atoms with Crippen LogP contribution in [0.3, 0.4) is 0 Å². The monoisotopic (exact) mass is 343 g/mol. The number of hydrogen-bond acceptors (Lipinski definition) is 4. The predicted molar refractivity (Wildman–Crippen MR) is 94.9 cm³/mol. The Kier molecular flexibility index (Phi) is 5.81. The smallest absolute Gasteiger partial charge is 0.243 e. The molecule has 6 nitrogen and oxygen atoms in total. The highest BCUT2D eigenvalue weighted by Gasteiger charge is 2.25. The molecule has 0 radical (unpaired) electrons. The van der Waals surface area contributed by atoms with Crippen molar-refractivity contribution in [3.8, 4) is 0 Å². The lowest BCUT2D eigenvalue weighted by molar-refractivity contribution is -0.137. The molecule has 0 spiro atoms. The van der Waals surface area contributed by atoms with Gasteiger partial charge in [0.05, 0.1) is 12.3 Å². The Balaban J connectivity index is 1.47. The van der Waals surface area contributed by atoms with Crippen LogP contribution in [0.5, 0.6) is 0 Å². The molecule has 1 fully saturated rings. The van der Waals surface area contributed by atoms with Gasteiger partial charge in [-0.05, 0) is 24.3 Å². The van der Waals surface area contributed by atoms with Gasteiger partial charge in [-0.25, -0.2) is 5.01 Å². The number of likely N-dealkylation sites (tertiary alicyclic amines) is 1. The normalized spacial score (nSPS) is 18.4. The van der Waals surface area contributed by atoms with Crippen LogP contribution in [0.15, 0.2) is 35.4 Å². The van der Waals surface area contributed by atoms with Crippen LogP contribution < -0.4 is 0 Å². The van der Waals surface area contributed by atoms with Crippen LogP contribution in [0.2, 0.25) is 0 Å². The van der Waals surface area contributed by atoms with Gasteiger partial charge in [0.2, 0.25) is 11.8 Å². The first-order chi connectivity index (χ1) is 12.2. The number of aliphatic hydroxyl groups excluding tert-OH is 1. The Morgan fingerprint density at radius 2 is 1.72 bits per heavy atom. The zero-order valence-corrected chi connectivity index (χ0v) is 14.4. The van der Waals surface area contributed by atoms with Crippen LogP contribution in [0.1, 0.15) is 37.7 Å². The number of hydrazone groups is 1. The maximum Gasteiger partial charge on any atom is 0.243 e. The summed E-state index contributed by atoms with van der Waals surface area (Å²) in [5.74, 6) is 0.238. The summed E-state index contributed by atoms with van der Waals surface area (Å²) in [4.78, 5) is 26.4. The van der Waals surface area contributed by atoms with E-state index in [0.29, 0.717) is 25.6 Å². The Bertz CT molecular complexity index is 637. The second-order valence-corrected chi connectivity index (χ2v) is 6.69. The van der Waals surface area contributed by atoms with Crippen molar-refractivity contribution in [2.45, 2.75) is 32.1 Å². The maximum absolute atomic E-state index is 12.3. The molecule has 1 aromatic rings. The quantitative estimate of drug-likeness (QED) is 0.883. The Morgan fingerprint density at radius 1 is 1.04 bits per heavy atom. The molecule has 2 heterocycles. The van der Waals surface area contributed by atoms with Crippen molar-refractivity contribution in [1.82, 2.24) is 9.91 Å². The molecular formula is C19H25N3O3. The molecule has 0 saturated carbocycles. The number of piperidine rings is 1. The first-order valence-corrected chi connectivity index (χ1v) is 8.99. The van der Waals surface area contributed by atoms with E-state index in [1.165, 1.54) is 5.01 Å². The molecule has 1 N–H and O–H groups in total. The third kappa shape index (κ3) is 4.45. The van der Waals surface area contributed by atoms with E-state index in [4.69, 9.17) is 5.11 Å². The van der Waals surface area contributed by atoms with Crippen LogP contribution in [0.25, 0.3) is 0 Å². The van der Waals surface area contributed by atoms with Gasteiger partial charge in [0, 0.05) is 39.0 Å². The number of carbonyl (C=O) groups is 2. The minimum Gasteiger partial charge on any atom is -0.396 e. The number of aliphatic hydroxyl groups is 1. The fraction of sp³-hybridized carbons (Fsp3) is 0.526. The Hall–Kier alpha value is -2.21. The van der Waals surface area contributed by atoms with E-state index >= 15 is 0 Å². The molecule has 1 saturated heterocycles. The van der Waals surface area contributed by atoms with Crippen molar-refractivity contribution in [3.05, 3.63) is 35.9 Å². The van der Waals surface area contributed by atoms with Crippen LogP contribution in [0, 0.1) is 5.92 Å². The van der Waals surface area contributed by atoms with Gasteiger partial charge in [0.1, 0.15) is 0 Å². The number of benzene rings is 1. The molecule has 2 aliphatic heterocycles. The zero-order chi connectivity index (χ0) is 17.6. The minimum atomic E-state index is -0.0930. The van der Waals surface area contributed by atoms with Gasteiger partial charge < -0.3 is 10.0 Å². The lowest BCUT2D eigenvalue weighted by Gasteiger charge is -2.31. The van der Waals surface area contributed by atoms with Gasteiger partial charge in [-0.2, -0.15) is 5.10 Å². The van der Waals surface area contributed by atoms with E-state index in [1.807, 2.05) is 35.2 Å². The lowest BCUT2D eigenvalue weighted by atomic mass is 9.97. The highest BCUT2D eigenvalue weighted by Crippen LogP contribution is 2.18. The largest absolute Gasteiger partial charge is 0.396 e. The maximum atomic E-state index is 12.3. The van der Waals surface area contributed by atoms with Crippen molar-refractivity contribution in [2.75, 3.05) is 26.2 Å². The van der Waals surface area contributed by atoms with E-state index < -0.39 is 0 Å². The van der Waals surface area contributed by atoms with Gasteiger partial charge in [0.25, 0.3) is 0 Å². The number of rotatable bonds is 5. The molecule has 0 bridgehead atoms. The second-order valence-electron chi connectivity index (χ2n) is 6.69. The fourth-order valence-corrected chi connectivity index (χ4v) is 3.34. The number of amides is 2. The Labute approximate surface area is 148 Å². The molecule has 0 atom stereocenters. The van der Waals surface area contributed by atoms with E-state index in [2.05, 4.69) is 5.10 Å². The molecule has 0 unspecified atom stereocenters. The summed E-state index contributed by atoms with van der Waals surface area (Å²) < 4.78 is 0. The molecule has 0 aliphatic carbocycles. The number of nitrogens with zero attached hydrogens (tertiary/aromatic N) is 3. The number of hydrogen-bond donors (Lipinski definition) is 1. The molecule has 2 amide bonds. The van der Waals surface area contributed by atoms with Crippen LogP contribution >= 0.6 is 0 Å². The fourth-order valence-electron chi connectivity index (χ4n) is 3.34. The van der Waals surface area contributed by atoms with Gasteiger partial charge in [0.15, 0.2) is 0 Å². The van der Waals surface area contributed by atoms with E-state index in [1.54, 1.807) is 0 Å². The molecule has 3 rings (SSSR count). The number of carbonyl (C=O) groups excluding carboxylic acids is 2. The summed E-state index contributed by atoms with van der Waals surface area (Å²) in [5.41, 5.74) is 1.96.